The van der Waals surface area contributed by atoms with Gasteiger partial charge in [0.1, 0.15) is 0 Å². The van der Waals surface area contributed by atoms with Crippen LogP contribution in [0.5, 0.6) is 0 Å². The normalized spacial score (nSPS) is 38.5. The summed E-state index contributed by atoms with van der Waals surface area (Å²) in [4.78, 5) is 0. The molecular formula is C14H26O3. The number of hydrogen-bond acceptors (Lipinski definition) is 3. The molecular weight excluding hydrogens is 216 g/mol. The molecule has 0 amide bonds. The fourth-order valence-corrected chi connectivity index (χ4v) is 3.32. The van der Waals surface area contributed by atoms with E-state index in [1.54, 1.807) is 7.11 Å². The molecule has 1 aliphatic heterocycles. The zero-order chi connectivity index (χ0) is 12.1. The van der Waals surface area contributed by atoms with Crippen molar-refractivity contribution in [3.8, 4) is 0 Å². The minimum atomic E-state index is -0.578. The van der Waals surface area contributed by atoms with E-state index in [4.69, 9.17) is 9.47 Å². The van der Waals surface area contributed by atoms with Crippen molar-refractivity contribution in [3.63, 3.8) is 0 Å². The van der Waals surface area contributed by atoms with Crippen molar-refractivity contribution in [3.05, 3.63) is 0 Å². The second-order valence-electron chi connectivity index (χ2n) is 5.60. The largest absolute Gasteiger partial charge is 0.387 e. The van der Waals surface area contributed by atoms with Gasteiger partial charge in [-0.2, -0.15) is 0 Å². The third-order valence-corrected chi connectivity index (χ3v) is 4.37. The maximum Gasteiger partial charge on any atom is 0.0908 e. The Morgan fingerprint density at radius 3 is 2.88 bits per heavy atom. The SMILES string of the molecule is COC1CCCCC1(O)CCCC1CCCO1. The zero-order valence-corrected chi connectivity index (χ0v) is 11.0. The van der Waals surface area contributed by atoms with Gasteiger partial charge < -0.3 is 14.6 Å². The molecule has 0 aromatic rings. The molecule has 0 aromatic heterocycles. The highest BCUT2D eigenvalue weighted by molar-refractivity contribution is 4.91. The van der Waals surface area contributed by atoms with E-state index in [9.17, 15) is 5.11 Å². The lowest BCUT2D eigenvalue weighted by Gasteiger charge is -2.39. The van der Waals surface area contributed by atoms with Gasteiger partial charge in [-0.15, -0.1) is 0 Å². The Morgan fingerprint density at radius 2 is 2.18 bits per heavy atom. The van der Waals surface area contributed by atoms with Crippen molar-refractivity contribution in [1.82, 2.24) is 0 Å². The van der Waals surface area contributed by atoms with Gasteiger partial charge in [0, 0.05) is 13.7 Å². The third kappa shape index (κ3) is 3.43. The molecule has 3 nitrogen and oxygen atoms in total. The zero-order valence-electron chi connectivity index (χ0n) is 11.0. The fraction of sp³-hybridized carbons (Fsp3) is 1.00. The number of aliphatic hydroxyl groups is 1. The Hall–Kier alpha value is -0.120. The van der Waals surface area contributed by atoms with E-state index in [1.165, 1.54) is 19.3 Å². The summed E-state index contributed by atoms with van der Waals surface area (Å²) in [6.45, 7) is 0.926. The molecule has 1 saturated heterocycles. The maximum atomic E-state index is 10.6. The molecule has 3 unspecified atom stereocenters. The first-order valence-electron chi connectivity index (χ1n) is 7.11. The summed E-state index contributed by atoms with van der Waals surface area (Å²) in [7, 11) is 1.72. The third-order valence-electron chi connectivity index (χ3n) is 4.37. The fourth-order valence-electron chi connectivity index (χ4n) is 3.32. The smallest absolute Gasteiger partial charge is 0.0908 e. The van der Waals surface area contributed by atoms with Gasteiger partial charge in [0.15, 0.2) is 0 Å². The van der Waals surface area contributed by atoms with Gasteiger partial charge in [0.2, 0.25) is 0 Å². The lowest BCUT2D eigenvalue weighted by atomic mass is 9.78. The highest BCUT2D eigenvalue weighted by Gasteiger charge is 2.38. The van der Waals surface area contributed by atoms with Crippen LogP contribution in [-0.4, -0.2) is 36.6 Å². The van der Waals surface area contributed by atoms with E-state index in [-0.39, 0.29) is 6.10 Å². The van der Waals surface area contributed by atoms with E-state index in [0.717, 1.165) is 45.1 Å². The summed E-state index contributed by atoms with van der Waals surface area (Å²) >= 11 is 0. The van der Waals surface area contributed by atoms with Crippen LogP contribution >= 0.6 is 0 Å². The average Bonchev–Trinajstić information content (AvgIpc) is 2.82. The van der Waals surface area contributed by atoms with Gasteiger partial charge in [-0.1, -0.05) is 12.8 Å². The lowest BCUT2D eigenvalue weighted by molar-refractivity contribution is -0.122. The van der Waals surface area contributed by atoms with Crippen LogP contribution in [0.25, 0.3) is 0 Å². The number of hydrogen-bond donors (Lipinski definition) is 1. The second-order valence-corrected chi connectivity index (χ2v) is 5.60. The molecule has 3 heteroatoms. The summed E-state index contributed by atoms with van der Waals surface area (Å²) in [5.41, 5.74) is -0.578. The molecule has 1 saturated carbocycles. The van der Waals surface area contributed by atoms with Crippen molar-refractivity contribution < 1.29 is 14.6 Å². The molecule has 0 aromatic carbocycles. The minimum absolute atomic E-state index is 0.0424. The molecule has 3 atom stereocenters. The Bertz CT molecular complexity index is 226. The Morgan fingerprint density at radius 1 is 1.29 bits per heavy atom. The van der Waals surface area contributed by atoms with Crippen molar-refractivity contribution >= 4 is 0 Å². The topological polar surface area (TPSA) is 38.7 Å². The van der Waals surface area contributed by atoms with E-state index in [1.807, 2.05) is 0 Å². The quantitative estimate of drug-likeness (QED) is 0.805. The average molecular weight is 242 g/mol. The van der Waals surface area contributed by atoms with Crippen LogP contribution in [0.2, 0.25) is 0 Å². The molecule has 1 heterocycles. The predicted molar refractivity (Wildman–Crippen MR) is 67.0 cm³/mol. The summed E-state index contributed by atoms with van der Waals surface area (Å²) in [6, 6.07) is 0. The summed E-state index contributed by atoms with van der Waals surface area (Å²) in [5, 5.41) is 10.6. The number of ether oxygens (including phenoxy) is 2. The highest BCUT2D eigenvalue weighted by Crippen LogP contribution is 2.35. The second kappa shape index (κ2) is 6.17. The van der Waals surface area contributed by atoms with Crippen LogP contribution in [0.4, 0.5) is 0 Å². The molecule has 2 fully saturated rings. The molecule has 1 N–H and O–H groups in total. The monoisotopic (exact) mass is 242 g/mol. The maximum absolute atomic E-state index is 10.6. The first kappa shape index (κ1) is 13.3. The first-order chi connectivity index (χ1) is 8.24. The van der Waals surface area contributed by atoms with Crippen LogP contribution < -0.4 is 0 Å². The van der Waals surface area contributed by atoms with E-state index < -0.39 is 5.60 Å². The van der Waals surface area contributed by atoms with Crippen LogP contribution in [0.1, 0.15) is 57.8 Å². The first-order valence-corrected chi connectivity index (χ1v) is 7.11. The van der Waals surface area contributed by atoms with Crippen molar-refractivity contribution in [2.24, 2.45) is 0 Å². The number of rotatable bonds is 5. The standard InChI is InChI=1S/C14H26O3/c1-16-13-8-2-3-9-14(13,15)10-4-6-12-7-5-11-17-12/h12-13,15H,2-11H2,1H3. The van der Waals surface area contributed by atoms with Crippen LogP contribution in [-0.2, 0) is 9.47 Å². The molecule has 0 spiro atoms. The molecule has 0 radical (unpaired) electrons. The summed E-state index contributed by atoms with van der Waals surface area (Å²) < 4.78 is 11.1. The molecule has 0 bridgehead atoms. The Kier molecular flexibility index (Phi) is 4.83. The van der Waals surface area contributed by atoms with Crippen LogP contribution in [0.15, 0.2) is 0 Å². The molecule has 1 aliphatic carbocycles. The predicted octanol–water partition coefficient (Wildman–Crippen LogP) is 2.66. The van der Waals surface area contributed by atoms with E-state index >= 15 is 0 Å². The Balaban J connectivity index is 1.74. The number of methoxy groups -OCH3 is 1. The van der Waals surface area contributed by atoms with Crippen LogP contribution in [0, 0.1) is 0 Å². The van der Waals surface area contributed by atoms with Crippen molar-refractivity contribution in [2.45, 2.75) is 75.6 Å². The molecule has 17 heavy (non-hydrogen) atoms. The minimum Gasteiger partial charge on any atom is -0.387 e. The van der Waals surface area contributed by atoms with Crippen LogP contribution in [0.3, 0.4) is 0 Å². The van der Waals surface area contributed by atoms with Gasteiger partial charge >= 0.3 is 0 Å². The van der Waals surface area contributed by atoms with Gasteiger partial charge in [-0.25, -0.2) is 0 Å². The Labute approximate surface area is 104 Å². The van der Waals surface area contributed by atoms with E-state index in [2.05, 4.69) is 0 Å². The van der Waals surface area contributed by atoms with E-state index in [0.29, 0.717) is 6.10 Å². The van der Waals surface area contributed by atoms with Crippen molar-refractivity contribution in [1.29, 1.82) is 0 Å². The molecule has 100 valence electrons. The molecule has 2 aliphatic rings. The van der Waals surface area contributed by atoms with Gasteiger partial charge in [0.25, 0.3) is 0 Å². The molecule has 2 rings (SSSR count). The highest BCUT2D eigenvalue weighted by atomic mass is 16.5. The lowest BCUT2D eigenvalue weighted by Crippen LogP contribution is -2.46. The summed E-state index contributed by atoms with van der Waals surface area (Å²) in [6.07, 6.45) is 10.1. The van der Waals surface area contributed by atoms with Gasteiger partial charge in [0.05, 0.1) is 17.8 Å². The van der Waals surface area contributed by atoms with Gasteiger partial charge in [-0.05, 0) is 44.9 Å². The van der Waals surface area contributed by atoms with Crippen molar-refractivity contribution in [2.75, 3.05) is 13.7 Å². The van der Waals surface area contributed by atoms with Gasteiger partial charge in [-0.3, -0.25) is 0 Å². The summed E-state index contributed by atoms with van der Waals surface area (Å²) in [5.74, 6) is 0.